The normalized spacial score (nSPS) is 22.8. The van der Waals surface area contributed by atoms with Gasteiger partial charge in [0, 0.05) is 115 Å². The van der Waals surface area contributed by atoms with Gasteiger partial charge in [-0.25, -0.2) is 9.37 Å². The van der Waals surface area contributed by atoms with Crippen LogP contribution in [-0.2, 0) is 89.9 Å². The minimum absolute atomic E-state index is 0.0439. The molecular weight excluding hydrogens is 1340 g/mol. The molecule has 29 heteroatoms. The fraction of sp³-hybridized carbons (Fsp3) is 0.403. The third kappa shape index (κ3) is 21.3. The number of aromatic amines is 2. The number of carbonyl (C=O) groups is 11. The van der Waals surface area contributed by atoms with E-state index >= 15 is 19.2 Å². The van der Waals surface area contributed by atoms with Crippen molar-refractivity contribution in [3.05, 3.63) is 161 Å². The summed E-state index contributed by atoms with van der Waals surface area (Å²) in [6, 6.07) is 19.2. The summed E-state index contributed by atoms with van der Waals surface area (Å²) in [5.41, 5.74) is 14.7. The van der Waals surface area contributed by atoms with E-state index in [-0.39, 0.29) is 56.6 Å². The zero-order valence-electron chi connectivity index (χ0n) is 55.8. The van der Waals surface area contributed by atoms with Gasteiger partial charge in [-0.15, -0.1) is 0 Å². The number of nitrogens with zero attached hydrogens (tertiary/aromatic N) is 3. The number of aliphatic carboxylic acids is 1. The molecule has 3 aromatic heterocycles. The van der Waals surface area contributed by atoms with Gasteiger partial charge in [-0.05, 0) is 122 Å². The molecule has 7 aromatic rings. The number of carboxylic acid groups (broad SMARTS) is 1. The molecule has 0 radical (unpaired) electrons. The van der Waals surface area contributed by atoms with Crippen LogP contribution in [-0.4, -0.2) is 167 Å². The van der Waals surface area contributed by atoms with Gasteiger partial charge in [-0.1, -0.05) is 54.6 Å². The molecule has 14 N–H and O–H groups in total. The van der Waals surface area contributed by atoms with Crippen LogP contribution in [0.3, 0.4) is 0 Å². The Kier molecular flexibility index (Phi) is 26.7. The van der Waals surface area contributed by atoms with Crippen molar-refractivity contribution in [2.45, 2.75) is 138 Å². The monoisotopic (exact) mass is 1420 g/mol. The average molecular weight is 1420 g/mol. The number of aromatic hydroxyl groups is 1. The number of unbranched alkanes of at least 4 members (excludes halogenated alkanes) is 1. The van der Waals surface area contributed by atoms with Crippen LogP contribution in [0.15, 0.2) is 122 Å². The first-order chi connectivity index (χ1) is 48.5. The summed E-state index contributed by atoms with van der Waals surface area (Å²) in [5.74, 6) is -11.3. The number of hydrogen-bond donors (Lipinski definition) is 12. The number of pyridine rings is 1. The van der Waals surface area contributed by atoms with E-state index in [9.17, 15) is 48.2 Å². The van der Waals surface area contributed by atoms with E-state index in [1.54, 1.807) is 31.2 Å². The van der Waals surface area contributed by atoms with Crippen LogP contribution >= 0.6 is 23.5 Å². The number of benzene rings is 4. The molecule has 9 rings (SSSR count). The van der Waals surface area contributed by atoms with E-state index in [0.717, 1.165) is 11.1 Å². The van der Waals surface area contributed by atoms with Crippen molar-refractivity contribution in [1.29, 1.82) is 0 Å². The lowest BCUT2D eigenvalue weighted by molar-refractivity contribution is -0.147. The number of ketones is 2. The fourth-order valence-electron chi connectivity index (χ4n) is 12.6. The van der Waals surface area contributed by atoms with Crippen molar-refractivity contribution in [1.82, 2.24) is 56.7 Å². The second-order valence-electron chi connectivity index (χ2n) is 25.7. The number of para-hydroxylation sites is 1. The highest BCUT2D eigenvalue weighted by Crippen LogP contribution is 2.32. The zero-order valence-corrected chi connectivity index (χ0v) is 57.4. The predicted molar refractivity (Wildman–Crippen MR) is 377 cm³/mol. The van der Waals surface area contributed by atoms with Gasteiger partial charge in [0.15, 0.2) is 11.6 Å². The summed E-state index contributed by atoms with van der Waals surface area (Å²) in [7, 11) is 0. The molecule has 1 fully saturated rings. The van der Waals surface area contributed by atoms with Crippen LogP contribution in [0.4, 0.5) is 4.39 Å². The van der Waals surface area contributed by atoms with Gasteiger partial charge in [0.1, 0.15) is 41.3 Å². The number of H-pyrrole nitrogens is 2. The summed E-state index contributed by atoms with van der Waals surface area (Å²) >= 11 is 2.83. The number of phenols is 1. The van der Waals surface area contributed by atoms with E-state index in [4.69, 9.17) is 11.5 Å². The second-order valence-corrected chi connectivity index (χ2v) is 27.9. The molecule has 101 heavy (non-hydrogen) atoms. The third-order valence-corrected chi connectivity index (χ3v) is 20.2. The summed E-state index contributed by atoms with van der Waals surface area (Å²) < 4.78 is 15.0. The van der Waals surface area contributed by atoms with Crippen LogP contribution in [0.1, 0.15) is 98.2 Å². The van der Waals surface area contributed by atoms with E-state index in [1.807, 2.05) is 30.3 Å². The lowest BCUT2D eigenvalue weighted by Gasteiger charge is -2.37. The molecule has 0 spiro atoms. The fourth-order valence-corrected chi connectivity index (χ4v) is 14.5. The molecule has 2 aliphatic heterocycles. The Labute approximate surface area is 590 Å². The number of imidazole rings is 1. The van der Waals surface area contributed by atoms with E-state index in [2.05, 4.69) is 51.8 Å². The van der Waals surface area contributed by atoms with Crippen molar-refractivity contribution >= 4 is 110 Å². The first kappa shape index (κ1) is 75.2. The summed E-state index contributed by atoms with van der Waals surface area (Å²) in [6.45, 7) is 1.34. The Morgan fingerprint density at radius 2 is 1.46 bits per heavy atom. The number of carbonyl (C=O) groups excluding carboxylic acids is 10. The van der Waals surface area contributed by atoms with Crippen LogP contribution in [0, 0.1) is 17.7 Å². The number of thioether (sulfide) groups is 2. The first-order valence-corrected chi connectivity index (χ1v) is 35.8. The van der Waals surface area contributed by atoms with E-state index in [0.29, 0.717) is 87.3 Å². The molecule has 8 atom stereocenters. The van der Waals surface area contributed by atoms with E-state index in [1.165, 1.54) is 95.8 Å². The number of aromatic nitrogens is 4. The molecule has 8 amide bonds. The number of fused-ring (bicyclic) bond motifs is 5. The number of primary amides is 1. The molecule has 0 aliphatic carbocycles. The lowest BCUT2D eigenvalue weighted by atomic mass is 9.91. The highest BCUT2D eigenvalue weighted by Gasteiger charge is 2.49. The number of nitrogens with one attached hydrogen (secondary N) is 8. The summed E-state index contributed by atoms with van der Waals surface area (Å²) in [6.07, 6.45) is 4.20. The number of carboxylic acids is 1. The minimum Gasteiger partial charge on any atom is -0.508 e. The molecule has 4 aromatic carbocycles. The highest BCUT2D eigenvalue weighted by molar-refractivity contribution is 7.98. The maximum atomic E-state index is 15.2. The van der Waals surface area contributed by atoms with Crippen LogP contribution in [0.2, 0.25) is 0 Å². The van der Waals surface area contributed by atoms with Gasteiger partial charge in [0.2, 0.25) is 47.3 Å². The average Bonchev–Trinajstić information content (AvgIpc) is 1.67. The molecule has 1 saturated heterocycles. The second kappa shape index (κ2) is 35.9. The van der Waals surface area contributed by atoms with Gasteiger partial charge < -0.3 is 68.4 Å². The van der Waals surface area contributed by atoms with Gasteiger partial charge in [-0.2, -0.15) is 23.5 Å². The maximum absolute atomic E-state index is 15.2. The molecule has 5 heterocycles. The number of phenolic OH excluding ortho intramolecular Hbond substituents is 1. The van der Waals surface area contributed by atoms with E-state index < -0.39 is 150 Å². The smallest absolute Gasteiger partial charge is 0.305 e. The molecule has 2 aliphatic rings. The van der Waals surface area contributed by atoms with Crippen molar-refractivity contribution in [2.24, 2.45) is 23.3 Å². The Morgan fingerprint density at radius 1 is 0.723 bits per heavy atom. The number of rotatable bonds is 15. The number of hydrogen-bond acceptors (Lipinski definition) is 17. The van der Waals surface area contributed by atoms with Crippen molar-refractivity contribution < 1.29 is 67.3 Å². The Balaban J connectivity index is 1.05. The Morgan fingerprint density at radius 3 is 2.19 bits per heavy atom. The standard InChI is InChI=1S/C72H84FN13O13S2/c1-72-20-7-22-86(72)70(98)60(27-42-13-16-52(87)17-14-42)84-67(95)48(28-51-36-76-41-80-51)31-62(89)58(33-64(91)92)82-69(97)59(30-49-35-78-56-18-15-50(73)32-54(49)56)83-66(94)47(26-45-25-46-10-2-3-11-55(46)77-34-45)29-53(88)37-79-68(96)57(12-4-5-21-74)81-63(90)19-23-100-38-43-8-6-9-44(24-43)39-101-40-61(65(75)93)85-71(72)99/h2-3,6,8-11,13-18,24-25,32,34-36,41,47-48,57-61,78,87H,4-5,7,12,19-23,26-31,33,37-40,74H2,1H3,(H2,75,93)(H,76,80)(H,79,96)(H,81,90)(H,82,97)(H,83,94)(H,84,95)(H,85,99)(H,91,92)/t47-,48-,57+,58+,59+,60+,61+,72+/m1/s1. The SMILES string of the molecule is C[C@@]12CCCN1C(=O)[C@H](Cc1ccc(O)cc1)NC(=O)[C@H](Cc1cnc[nH]1)CC(=O)[C@H](CC(=O)O)NC(=O)[C@H](Cc1c[nH]c3ccc(F)cc13)NC(=O)[C@H](Cc1cnc3ccccc3c1)CC(=O)CNC(=O)[C@H](CCCCN)NC(=O)CCSCc1cccc(c1)CSC[C@@H](C(N)=O)NC2=O. The van der Waals surface area contributed by atoms with Crippen molar-refractivity contribution in [3.8, 4) is 5.75 Å². The van der Waals surface area contributed by atoms with Crippen LogP contribution < -0.4 is 43.4 Å². The largest absolute Gasteiger partial charge is 0.508 e. The number of nitrogens with two attached hydrogens (primary N) is 2. The molecule has 534 valence electrons. The zero-order chi connectivity index (χ0) is 72.2. The quantitative estimate of drug-likeness (QED) is 0.0637. The molecule has 0 saturated carbocycles. The molecule has 2 bridgehead atoms. The predicted octanol–water partition coefficient (Wildman–Crippen LogP) is 4.29. The number of halogens is 1. The summed E-state index contributed by atoms with van der Waals surface area (Å²) in [5, 5.41) is 38.0. The lowest BCUT2D eigenvalue weighted by Crippen LogP contribution is -2.62. The van der Waals surface area contributed by atoms with Crippen LogP contribution in [0.25, 0.3) is 21.8 Å². The van der Waals surface area contributed by atoms with Crippen LogP contribution in [0.5, 0.6) is 5.75 Å². The molecule has 0 unspecified atom stereocenters. The molecular formula is C72H84FN13O13S2. The topological polar surface area (TPSA) is 413 Å². The van der Waals surface area contributed by atoms with Gasteiger partial charge in [-0.3, -0.25) is 57.7 Å². The highest BCUT2D eigenvalue weighted by atomic mass is 32.2. The number of Topliss-reactive ketones (excluding diaryl/α,β-unsaturated/α-hetero) is 2. The Hall–Kier alpha value is -10.0. The van der Waals surface area contributed by atoms with Gasteiger partial charge in [0.25, 0.3) is 0 Å². The van der Waals surface area contributed by atoms with Gasteiger partial charge >= 0.3 is 5.97 Å². The third-order valence-electron chi connectivity index (χ3n) is 18.1. The van der Waals surface area contributed by atoms with Crippen molar-refractivity contribution in [3.63, 3.8) is 0 Å². The maximum Gasteiger partial charge on any atom is 0.305 e. The number of amides is 8. The minimum atomic E-state index is -1.89. The molecule has 26 nitrogen and oxygen atoms in total. The Bertz CT molecular complexity index is 4140. The summed E-state index contributed by atoms with van der Waals surface area (Å²) in [4.78, 5) is 174. The van der Waals surface area contributed by atoms with Crippen molar-refractivity contribution in [2.75, 3.05) is 31.1 Å². The van der Waals surface area contributed by atoms with Gasteiger partial charge in [0.05, 0.1) is 36.8 Å². The first-order valence-electron chi connectivity index (χ1n) is 33.5.